The van der Waals surface area contributed by atoms with Crippen LogP contribution in [0.25, 0.3) is 0 Å². The van der Waals surface area contributed by atoms with Gasteiger partial charge < -0.3 is 15.5 Å². The van der Waals surface area contributed by atoms with Gasteiger partial charge in [0.1, 0.15) is 18.0 Å². The lowest BCUT2D eigenvalue weighted by molar-refractivity contribution is 0.949. The molecule has 1 aromatic heterocycles. The molecule has 1 aliphatic rings. The maximum atomic E-state index is 8.87. The van der Waals surface area contributed by atoms with Crippen molar-refractivity contribution >= 4 is 28.7 Å². The standard InChI is InChI=1S/C21H20N6/c22-14-16-3-5-17(6-4-16)25-20-13-21(24-15-23-20)26-18-7-9-19(10-8-18)27-11-1-2-12-27/h3-10,13,15H,1-2,11-12H2,(H2,23,24,25,26). The Kier molecular flexibility index (Phi) is 4.84. The molecule has 27 heavy (non-hydrogen) atoms. The van der Waals surface area contributed by atoms with Crippen molar-refractivity contribution in [3.8, 4) is 6.07 Å². The fraction of sp³-hybridized carbons (Fsp3) is 0.190. The predicted molar refractivity (Wildman–Crippen MR) is 108 cm³/mol. The van der Waals surface area contributed by atoms with Gasteiger partial charge >= 0.3 is 0 Å². The minimum atomic E-state index is 0.628. The van der Waals surface area contributed by atoms with Crippen molar-refractivity contribution in [3.63, 3.8) is 0 Å². The zero-order valence-electron chi connectivity index (χ0n) is 14.9. The van der Waals surface area contributed by atoms with Crippen LogP contribution in [0.5, 0.6) is 0 Å². The number of benzene rings is 2. The average molecular weight is 356 g/mol. The summed E-state index contributed by atoms with van der Waals surface area (Å²) >= 11 is 0. The molecule has 6 heteroatoms. The van der Waals surface area contributed by atoms with E-state index in [0.29, 0.717) is 11.4 Å². The smallest absolute Gasteiger partial charge is 0.135 e. The summed E-state index contributed by atoms with van der Waals surface area (Å²) in [5.74, 6) is 1.40. The number of nitriles is 1. The van der Waals surface area contributed by atoms with Crippen molar-refractivity contribution in [1.82, 2.24) is 9.97 Å². The molecule has 0 aliphatic carbocycles. The highest BCUT2D eigenvalue weighted by molar-refractivity contribution is 5.65. The van der Waals surface area contributed by atoms with Gasteiger partial charge in [0.2, 0.25) is 0 Å². The van der Waals surface area contributed by atoms with E-state index in [1.807, 2.05) is 18.2 Å². The zero-order chi connectivity index (χ0) is 18.5. The fourth-order valence-electron chi connectivity index (χ4n) is 3.15. The lowest BCUT2D eigenvalue weighted by atomic mass is 10.2. The molecule has 0 atom stereocenters. The van der Waals surface area contributed by atoms with Crippen LogP contribution in [0.1, 0.15) is 18.4 Å². The molecule has 6 nitrogen and oxygen atoms in total. The molecule has 1 aliphatic heterocycles. The third-order valence-electron chi connectivity index (χ3n) is 4.56. The molecule has 0 radical (unpaired) electrons. The Morgan fingerprint density at radius 2 is 1.37 bits per heavy atom. The third-order valence-corrected chi connectivity index (χ3v) is 4.56. The van der Waals surface area contributed by atoms with Crippen molar-refractivity contribution < 1.29 is 0 Å². The molecular weight excluding hydrogens is 336 g/mol. The van der Waals surface area contributed by atoms with E-state index in [9.17, 15) is 0 Å². The van der Waals surface area contributed by atoms with Crippen molar-refractivity contribution in [3.05, 3.63) is 66.5 Å². The topological polar surface area (TPSA) is 76.9 Å². The van der Waals surface area contributed by atoms with Crippen LogP contribution in [0, 0.1) is 11.3 Å². The minimum absolute atomic E-state index is 0.628. The SMILES string of the molecule is N#Cc1ccc(Nc2cc(Nc3ccc(N4CCCC4)cc3)ncn2)cc1. The molecule has 0 spiro atoms. The number of hydrogen-bond acceptors (Lipinski definition) is 6. The molecule has 2 aromatic carbocycles. The summed E-state index contributed by atoms with van der Waals surface area (Å²) in [6.07, 6.45) is 4.07. The monoisotopic (exact) mass is 356 g/mol. The van der Waals surface area contributed by atoms with Crippen LogP contribution in [-0.4, -0.2) is 23.1 Å². The van der Waals surface area contributed by atoms with E-state index in [4.69, 9.17) is 5.26 Å². The number of nitrogens with one attached hydrogen (secondary N) is 2. The van der Waals surface area contributed by atoms with E-state index in [1.54, 1.807) is 12.1 Å². The van der Waals surface area contributed by atoms with Gasteiger partial charge in [-0.15, -0.1) is 0 Å². The Bertz CT molecular complexity index is 938. The number of hydrogen-bond donors (Lipinski definition) is 2. The summed E-state index contributed by atoms with van der Waals surface area (Å²) in [5.41, 5.74) is 3.75. The maximum absolute atomic E-state index is 8.87. The van der Waals surface area contributed by atoms with Crippen LogP contribution >= 0.6 is 0 Å². The van der Waals surface area contributed by atoms with E-state index < -0.39 is 0 Å². The van der Waals surface area contributed by atoms with Crippen LogP contribution < -0.4 is 15.5 Å². The number of rotatable bonds is 5. The molecule has 3 aromatic rings. The molecule has 134 valence electrons. The Morgan fingerprint density at radius 1 is 0.815 bits per heavy atom. The van der Waals surface area contributed by atoms with Crippen LogP contribution in [-0.2, 0) is 0 Å². The van der Waals surface area contributed by atoms with Crippen molar-refractivity contribution in [2.24, 2.45) is 0 Å². The largest absolute Gasteiger partial charge is 0.372 e. The minimum Gasteiger partial charge on any atom is -0.372 e. The summed E-state index contributed by atoms with van der Waals surface area (Å²) in [5, 5.41) is 15.4. The second-order valence-corrected chi connectivity index (χ2v) is 6.47. The van der Waals surface area contributed by atoms with Gasteiger partial charge in [-0.25, -0.2) is 9.97 Å². The van der Waals surface area contributed by atoms with Gasteiger partial charge in [-0.05, 0) is 61.4 Å². The number of nitrogens with zero attached hydrogens (tertiary/aromatic N) is 4. The first-order valence-corrected chi connectivity index (χ1v) is 9.01. The Balaban J connectivity index is 1.43. The highest BCUT2D eigenvalue weighted by Gasteiger charge is 2.11. The molecule has 2 heterocycles. The molecule has 2 N–H and O–H groups in total. The molecule has 0 amide bonds. The van der Waals surface area contributed by atoms with Gasteiger partial charge in [0.15, 0.2) is 0 Å². The quantitative estimate of drug-likeness (QED) is 0.704. The molecule has 4 rings (SSSR count). The van der Waals surface area contributed by atoms with Crippen LogP contribution in [0.15, 0.2) is 60.9 Å². The molecule has 1 saturated heterocycles. The Morgan fingerprint density at radius 3 is 1.93 bits per heavy atom. The van der Waals surface area contributed by atoms with Gasteiger partial charge in [0.05, 0.1) is 11.6 Å². The van der Waals surface area contributed by atoms with Gasteiger partial charge in [-0.1, -0.05) is 0 Å². The summed E-state index contributed by atoms with van der Waals surface area (Å²) in [6, 6.07) is 19.6. The number of aromatic nitrogens is 2. The summed E-state index contributed by atoms with van der Waals surface area (Å²) in [6.45, 7) is 2.28. The van der Waals surface area contributed by atoms with E-state index in [1.165, 1.54) is 24.9 Å². The van der Waals surface area contributed by atoms with E-state index >= 15 is 0 Å². The molecule has 0 bridgehead atoms. The highest BCUT2D eigenvalue weighted by atomic mass is 15.1. The molecule has 0 saturated carbocycles. The maximum Gasteiger partial charge on any atom is 0.135 e. The fourth-order valence-corrected chi connectivity index (χ4v) is 3.15. The normalized spacial score (nSPS) is 13.2. The number of anilines is 5. The first kappa shape index (κ1) is 16.9. The van der Waals surface area contributed by atoms with Crippen LogP contribution in [0.4, 0.5) is 28.7 Å². The first-order chi connectivity index (χ1) is 13.3. The van der Waals surface area contributed by atoms with Gasteiger partial charge in [0, 0.05) is 36.2 Å². The van der Waals surface area contributed by atoms with Crippen molar-refractivity contribution in [2.45, 2.75) is 12.8 Å². The molecule has 0 unspecified atom stereocenters. The Hall–Kier alpha value is -3.59. The summed E-state index contributed by atoms with van der Waals surface area (Å²) < 4.78 is 0. The Labute approximate surface area is 158 Å². The van der Waals surface area contributed by atoms with Crippen LogP contribution in [0.2, 0.25) is 0 Å². The van der Waals surface area contributed by atoms with E-state index in [0.717, 1.165) is 30.3 Å². The summed E-state index contributed by atoms with van der Waals surface area (Å²) in [4.78, 5) is 11.0. The average Bonchev–Trinajstić information content (AvgIpc) is 3.24. The lowest BCUT2D eigenvalue weighted by Gasteiger charge is -2.18. The first-order valence-electron chi connectivity index (χ1n) is 9.01. The second-order valence-electron chi connectivity index (χ2n) is 6.47. The van der Waals surface area contributed by atoms with Gasteiger partial charge in [-0.2, -0.15) is 5.26 Å². The van der Waals surface area contributed by atoms with Gasteiger partial charge in [-0.3, -0.25) is 0 Å². The second kappa shape index (κ2) is 7.75. The lowest BCUT2D eigenvalue weighted by Crippen LogP contribution is -2.17. The van der Waals surface area contributed by atoms with E-state index in [-0.39, 0.29) is 0 Å². The van der Waals surface area contributed by atoms with Crippen molar-refractivity contribution in [2.75, 3.05) is 28.6 Å². The predicted octanol–water partition coefficient (Wildman–Crippen LogP) is 4.44. The molecular formula is C21H20N6. The van der Waals surface area contributed by atoms with Gasteiger partial charge in [0.25, 0.3) is 0 Å². The van der Waals surface area contributed by atoms with Crippen molar-refractivity contribution in [1.29, 1.82) is 5.26 Å². The van der Waals surface area contributed by atoms with Crippen LogP contribution in [0.3, 0.4) is 0 Å². The summed E-state index contributed by atoms with van der Waals surface area (Å²) in [7, 11) is 0. The molecule has 1 fully saturated rings. The zero-order valence-corrected chi connectivity index (χ0v) is 14.9. The third kappa shape index (κ3) is 4.15. The highest BCUT2D eigenvalue weighted by Crippen LogP contribution is 2.24. The van der Waals surface area contributed by atoms with E-state index in [2.05, 4.69) is 55.8 Å².